The Morgan fingerprint density at radius 3 is 2.40 bits per heavy atom. The first kappa shape index (κ1) is 31.0. The number of carbonyl (C=O) groups excluding carboxylic acids is 1. The normalized spacial score (nSPS) is 18.2. The van der Waals surface area contributed by atoms with E-state index >= 15 is 0 Å². The van der Waals surface area contributed by atoms with Crippen LogP contribution in [-0.4, -0.2) is 54.9 Å². The minimum Gasteiger partial charge on any atom is -0.494 e. The molecule has 0 saturated heterocycles. The highest BCUT2D eigenvalue weighted by molar-refractivity contribution is 6.01. The highest BCUT2D eigenvalue weighted by Gasteiger charge is 2.52. The number of carbonyl (C=O) groups is 1. The van der Waals surface area contributed by atoms with Crippen molar-refractivity contribution in [1.82, 2.24) is 10.9 Å². The van der Waals surface area contributed by atoms with E-state index in [9.17, 15) is 4.79 Å². The summed E-state index contributed by atoms with van der Waals surface area (Å²) in [5.74, 6) is 0.794. The second kappa shape index (κ2) is 15.9. The Kier molecular flexibility index (Phi) is 11.7. The van der Waals surface area contributed by atoms with Crippen molar-refractivity contribution in [3.63, 3.8) is 0 Å². The summed E-state index contributed by atoms with van der Waals surface area (Å²) in [6, 6.07) is 27.1. The predicted octanol–water partition coefficient (Wildman–Crippen LogP) is 5.24. The van der Waals surface area contributed by atoms with Gasteiger partial charge in [-0.15, -0.1) is 0 Å². The average Bonchev–Trinajstić information content (AvgIpc) is 3.41. The molecular formula is C34H41N3O5. The molecule has 1 aliphatic heterocycles. The number of ether oxygens (including phenoxy) is 3. The van der Waals surface area contributed by atoms with Crippen LogP contribution in [0.25, 0.3) is 6.08 Å². The third kappa shape index (κ3) is 8.52. The Hall–Kier alpha value is -3.98. The highest BCUT2D eigenvalue weighted by atomic mass is 16.5. The molecule has 1 amide bonds. The standard InChI is InChI=1S/C34H41N3O5/c1-26(2)40-24-10-22-35-37-33(39)34(21-9-14-27-12-5-3-6-13-27)31(28-15-7-4-8-16-28)42-32(36-34)29-17-19-30(20-18-29)41-25-11-23-38/h3-9,12-20,26,31,35,38H,10-11,21-25H2,1-2H3,(H,37,39)/b14-9+/t31-,34-/m0/s1. The van der Waals surface area contributed by atoms with Crippen molar-refractivity contribution in [3.8, 4) is 5.75 Å². The van der Waals surface area contributed by atoms with Gasteiger partial charge in [0.15, 0.2) is 11.6 Å². The summed E-state index contributed by atoms with van der Waals surface area (Å²) in [4.78, 5) is 19.1. The molecule has 42 heavy (non-hydrogen) atoms. The number of nitrogens with one attached hydrogen (secondary N) is 2. The molecule has 222 valence electrons. The molecule has 4 rings (SSSR count). The van der Waals surface area contributed by atoms with Crippen LogP contribution >= 0.6 is 0 Å². The number of benzene rings is 3. The van der Waals surface area contributed by atoms with Gasteiger partial charge in [-0.3, -0.25) is 10.2 Å². The predicted molar refractivity (Wildman–Crippen MR) is 165 cm³/mol. The molecule has 0 unspecified atom stereocenters. The fraction of sp³-hybridized carbons (Fsp3) is 0.353. The Morgan fingerprint density at radius 2 is 1.71 bits per heavy atom. The molecule has 0 aromatic heterocycles. The van der Waals surface area contributed by atoms with Crippen LogP contribution in [0.15, 0.2) is 96.0 Å². The van der Waals surface area contributed by atoms with Crippen LogP contribution in [0.4, 0.5) is 0 Å². The van der Waals surface area contributed by atoms with Crippen LogP contribution in [0, 0.1) is 0 Å². The molecule has 0 fully saturated rings. The summed E-state index contributed by atoms with van der Waals surface area (Å²) in [6.45, 7) is 5.66. The fourth-order valence-electron chi connectivity index (χ4n) is 4.61. The molecule has 2 atom stereocenters. The van der Waals surface area contributed by atoms with E-state index in [2.05, 4.69) is 10.9 Å². The lowest BCUT2D eigenvalue weighted by Crippen LogP contribution is -2.52. The molecule has 0 aliphatic carbocycles. The van der Waals surface area contributed by atoms with Crippen LogP contribution in [0.2, 0.25) is 0 Å². The quantitative estimate of drug-likeness (QED) is 0.161. The number of hydrogen-bond donors (Lipinski definition) is 3. The second-order valence-corrected chi connectivity index (χ2v) is 10.4. The second-order valence-electron chi connectivity index (χ2n) is 10.4. The van der Waals surface area contributed by atoms with Gasteiger partial charge >= 0.3 is 0 Å². The fourth-order valence-corrected chi connectivity index (χ4v) is 4.61. The first-order valence-electron chi connectivity index (χ1n) is 14.5. The number of aliphatic imine (C=N–C) groups is 1. The molecule has 0 saturated carbocycles. The van der Waals surface area contributed by atoms with Gasteiger partial charge in [0.05, 0.1) is 12.7 Å². The lowest BCUT2D eigenvalue weighted by atomic mass is 9.84. The van der Waals surface area contributed by atoms with Gasteiger partial charge in [-0.2, -0.15) is 0 Å². The number of hydrazine groups is 1. The van der Waals surface area contributed by atoms with Crippen molar-refractivity contribution in [2.24, 2.45) is 4.99 Å². The molecule has 0 bridgehead atoms. The number of rotatable bonds is 16. The summed E-state index contributed by atoms with van der Waals surface area (Å²) < 4.78 is 17.8. The summed E-state index contributed by atoms with van der Waals surface area (Å²) >= 11 is 0. The monoisotopic (exact) mass is 571 g/mol. The largest absolute Gasteiger partial charge is 0.494 e. The third-order valence-corrected chi connectivity index (χ3v) is 6.77. The summed E-state index contributed by atoms with van der Waals surface area (Å²) in [5, 5.41) is 9.02. The van der Waals surface area contributed by atoms with Crippen LogP contribution < -0.4 is 15.6 Å². The molecule has 0 spiro atoms. The van der Waals surface area contributed by atoms with Gasteiger partial charge in [0.2, 0.25) is 5.90 Å². The van der Waals surface area contributed by atoms with E-state index in [1.165, 1.54) is 0 Å². The maximum atomic E-state index is 14.0. The lowest BCUT2D eigenvalue weighted by Gasteiger charge is -2.29. The van der Waals surface area contributed by atoms with Crippen LogP contribution in [0.3, 0.4) is 0 Å². The lowest BCUT2D eigenvalue weighted by molar-refractivity contribution is -0.129. The van der Waals surface area contributed by atoms with Crippen molar-refractivity contribution in [2.75, 3.05) is 26.4 Å². The van der Waals surface area contributed by atoms with E-state index in [-0.39, 0.29) is 18.6 Å². The number of hydrogen-bond acceptors (Lipinski definition) is 7. The van der Waals surface area contributed by atoms with E-state index in [0.717, 1.165) is 23.1 Å². The zero-order valence-corrected chi connectivity index (χ0v) is 24.4. The van der Waals surface area contributed by atoms with Crippen molar-refractivity contribution in [1.29, 1.82) is 0 Å². The summed E-state index contributed by atoms with van der Waals surface area (Å²) in [6.07, 6.45) is 5.12. The Balaban J connectivity index is 1.62. The first-order chi connectivity index (χ1) is 20.5. The van der Waals surface area contributed by atoms with Crippen molar-refractivity contribution in [2.45, 2.75) is 50.9 Å². The zero-order chi connectivity index (χ0) is 29.6. The van der Waals surface area contributed by atoms with E-state index in [1.807, 2.05) is 111 Å². The number of aliphatic hydroxyl groups excluding tert-OH is 1. The number of aliphatic hydroxyl groups is 1. The first-order valence-corrected chi connectivity index (χ1v) is 14.5. The van der Waals surface area contributed by atoms with E-state index in [0.29, 0.717) is 44.2 Å². The molecule has 3 aromatic carbocycles. The Bertz CT molecular complexity index is 1300. The van der Waals surface area contributed by atoms with Gasteiger partial charge in [-0.25, -0.2) is 10.4 Å². The van der Waals surface area contributed by atoms with E-state index in [4.69, 9.17) is 24.3 Å². The molecule has 0 radical (unpaired) electrons. The van der Waals surface area contributed by atoms with Crippen LogP contribution in [0.5, 0.6) is 5.75 Å². The Labute approximate surface area is 248 Å². The molecule has 8 heteroatoms. The van der Waals surface area contributed by atoms with Crippen LogP contribution in [-0.2, 0) is 14.3 Å². The maximum Gasteiger partial charge on any atom is 0.266 e. The molecule has 3 N–H and O–H groups in total. The smallest absolute Gasteiger partial charge is 0.266 e. The van der Waals surface area contributed by atoms with Gasteiger partial charge in [-0.05, 0) is 55.7 Å². The SMILES string of the molecule is CC(C)OCCCNNC(=O)[C@@]1(C/C=C/c2ccccc2)N=C(c2ccc(OCCCO)cc2)O[C@H]1c1ccccc1. The summed E-state index contributed by atoms with van der Waals surface area (Å²) in [5.41, 5.74) is 7.34. The maximum absolute atomic E-state index is 14.0. The minimum atomic E-state index is -1.26. The van der Waals surface area contributed by atoms with Gasteiger partial charge < -0.3 is 19.3 Å². The molecule has 1 aliphatic rings. The zero-order valence-electron chi connectivity index (χ0n) is 24.4. The van der Waals surface area contributed by atoms with Crippen LogP contribution in [0.1, 0.15) is 55.9 Å². The van der Waals surface area contributed by atoms with Gasteiger partial charge in [0.25, 0.3) is 5.91 Å². The third-order valence-electron chi connectivity index (χ3n) is 6.77. The van der Waals surface area contributed by atoms with Crippen molar-refractivity contribution < 1.29 is 24.1 Å². The average molecular weight is 572 g/mol. The molecular weight excluding hydrogens is 530 g/mol. The van der Waals surface area contributed by atoms with E-state index < -0.39 is 11.6 Å². The molecule has 3 aromatic rings. The van der Waals surface area contributed by atoms with Gasteiger partial charge in [0.1, 0.15) is 5.75 Å². The summed E-state index contributed by atoms with van der Waals surface area (Å²) in [7, 11) is 0. The number of nitrogens with zero attached hydrogens (tertiary/aromatic N) is 1. The Morgan fingerprint density at radius 1 is 1.00 bits per heavy atom. The minimum absolute atomic E-state index is 0.0764. The molecule has 8 nitrogen and oxygen atoms in total. The van der Waals surface area contributed by atoms with Gasteiger partial charge in [0, 0.05) is 38.2 Å². The topological polar surface area (TPSA) is 101 Å². The molecule has 1 heterocycles. The van der Waals surface area contributed by atoms with Crippen molar-refractivity contribution in [3.05, 3.63) is 108 Å². The van der Waals surface area contributed by atoms with Crippen molar-refractivity contribution >= 4 is 17.9 Å². The highest BCUT2D eigenvalue weighted by Crippen LogP contribution is 2.42. The van der Waals surface area contributed by atoms with E-state index in [1.54, 1.807) is 0 Å². The number of amides is 1. The van der Waals surface area contributed by atoms with Gasteiger partial charge in [-0.1, -0.05) is 72.8 Å².